The Labute approximate surface area is 156 Å². The molecule has 0 unspecified atom stereocenters. The summed E-state index contributed by atoms with van der Waals surface area (Å²) >= 11 is 1.56. The van der Waals surface area contributed by atoms with Crippen LogP contribution in [-0.2, 0) is 10.0 Å². The maximum atomic E-state index is 12.6. The lowest BCUT2D eigenvalue weighted by Gasteiger charge is -2.11. The van der Waals surface area contributed by atoms with Crippen LogP contribution < -0.4 is 10.0 Å². The van der Waals surface area contributed by atoms with Crippen LogP contribution in [0, 0.1) is 6.92 Å². The fraction of sp³-hybridized carbons (Fsp3) is 0.111. The molecule has 3 aromatic rings. The number of amides is 1. The Morgan fingerprint density at radius 3 is 2.58 bits per heavy atom. The van der Waals surface area contributed by atoms with Gasteiger partial charge in [0, 0.05) is 16.6 Å². The topological polar surface area (TPSA) is 88.2 Å². The van der Waals surface area contributed by atoms with Gasteiger partial charge in [-0.1, -0.05) is 24.3 Å². The summed E-state index contributed by atoms with van der Waals surface area (Å²) in [6.45, 7) is 1.94. The summed E-state index contributed by atoms with van der Waals surface area (Å²) in [6, 6.07) is 13.8. The van der Waals surface area contributed by atoms with Crippen molar-refractivity contribution in [3.05, 3.63) is 64.5 Å². The van der Waals surface area contributed by atoms with Gasteiger partial charge in [0.25, 0.3) is 5.91 Å². The molecule has 0 bridgehead atoms. The second-order valence-electron chi connectivity index (χ2n) is 5.71. The highest BCUT2D eigenvalue weighted by molar-refractivity contribution is 7.92. The highest BCUT2D eigenvalue weighted by Crippen LogP contribution is 2.25. The zero-order valence-electron chi connectivity index (χ0n) is 14.2. The zero-order valence-corrected chi connectivity index (χ0v) is 15.8. The number of nitrogens with zero attached hydrogens (tertiary/aromatic N) is 1. The van der Waals surface area contributed by atoms with Crippen LogP contribution in [0.15, 0.2) is 53.9 Å². The Hall–Kier alpha value is -2.71. The van der Waals surface area contributed by atoms with Gasteiger partial charge in [-0.3, -0.25) is 9.52 Å². The van der Waals surface area contributed by atoms with E-state index in [-0.39, 0.29) is 11.3 Å². The first-order valence-corrected chi connectivity index (χ1v) is 10.5. The molecular weight excluding hydrogens is 370 g/mol. The molecule has 1 amide bonds. The van der Waals surface area contributed by atoms with E-state index in [2.05, 4.69) is 15.0 Å². The highest BCUT2D eigenvalue weighted by Gasteiger charge is 2.14. The fourth-order valence-electron chi connectivity index (χ4n) is 2.42. The monoisotopic (exact) mass is 387 g/mol. The minimum atomic E-state index is -3.48. The summed E-state index contributed by atoms with van der Waals surface area (Å²) in [6.07, 6.45) is 1.04. The number of aromatic nitrogens is 1. The average molecular weight is 387 g/mol. The molecule has 0 fully saturated rings. The Bertz CT molecular complexity index is 1060. The van der Waals surface area contributed by atoms with Crippen LogP contribution in [-0.4, -0.2) is 25.6 Å². The minimum absolute atomic E-state index is 0.235. The number of nitrogens with one attached hydrogen (secondary N) is 2. The number of aryl methyl sites for hydroxylation is 1. The first-order chi connectivity index (χ1) is 12.3. The van der Waals surface area contributed by atoms with Crippen molar-refractivity contribution in [3.8, 4) is 11.3 Å². The van der Waals surface area contributed by atoms with Crippen LogP contribution in [0.1, 0.15) is 15.4 Å². The molecule has 6 nitrogen and oxygen atoms in total. The number of carbonyl (C=O) groups is 1. The van der Waals surface area contributed by atoms with Gasteiger partial charge in [-0.15, -0.1) is 11.3 Å². The molecular formula is C18H17N3O3S2. The van der Waals surface area contributed by atoms with Crippen molar-refractivity contribution in [2.24, 2.45) is 0 Å². The van der Waals surface area contributed by atoms with Crippen molar-refractivity contribution in [2.45, 2.75) is 6.92 Å². The van der Waals surface area contributed by atoms with E-state index in [0.717, 1.165) is 22.5 Å². The van der Waals surface area contributed by atoms with Crippen molar-refractivity contribution in [2.75, 3.05) is 16.3 Å². The number of para-hydroxylation sites is 1. The Morgan fingerprint density at radius 2 is 1.88 bits per heavy atom. The third-order valence-corrected chi connectivity index (χ3v) is 4.87. The molecule has 1 heterocycles. The van der Waals surface area contributed by atoms with Gasteiger partial charge in [0.15, 0.2) is 0 Å². The van der Waals surface area contributed by atoms with Gasteiger partial charge in [-0.2, -0.15) is 0 Å². The highest BCUT2D eigenvalue weighted by atomic mass is 32.2. The molecule has 0 saturated heterocycles. The van der Waals surface area contributed by atoms with Crippen LogP contribution in [0.4, 0.5) is 11.4 Å². The third-order valence-electron chi connectivity index (χ3n) is 3.50. The summed E-state index contributed by atoms with van der Waals surface area (Å²) in [5, 5.41) is 5.73. The van der Waals surface area contributed by atoms with E-state index in [0.29, 0.717) is 5.69 Å². The standard InChI is InChI=1S/C18H17N3O3S2/c1-12-19-17(11-25-12)13-6-5-7-14(10-13)20-18(22)15-8-3-4-9-16(15)21-26(2,23)24/h3-11,21H,1-2H3,(H,20,22). The Kier molecular flexibility index (Phi) is 5.06. The van der Waals surface area contributed by atoms with Crippen LogP contribution in [0.2, 0.25) is 0 Å². The lowest BCUT2D eigenvalue weighted by molar-refractivity contribution is 0.102. The molecule has 0 saturated carbocycles. The minimum Gasteiger partial charge on any atom is -0.322 e. The van der Waals surface area contributed by atoms with Crippen LogP contribution in [0.25, 0.3) is 11.3 Å². The van der Waals surface area contributed by atoms with Crippen molar-refractivity contribution in [3.63, 3.8) is 0 Å². The molecule has 26 heavy (non-hydrogen) atoms. The van der Waals surface area contributed by atoms with Crippen molar-refractivity contribution >= 4 is 38.6 Å². The van der Waals surface area contributed by atoms with E-state index in [1.807, 2.05) is 30.5 Å². The molecule has 2 aromatic carbocycles. The summed E-state index contributed by atoms with van der Waals surface area (Å²) in [7, 11) is -3.48. The predicted molar refractivity (Wildman–Crippen MR) is 105 cm³/mol. The molecule has 2 N–H and O–H groups in total. The number of benzene rings is 2. The molecule has 0 atom stereocenters. The van der Waals surface area contributed by atoms with Crippen molar-refractivity contribution in [1.82, 2.24) is 4.98 Å². The van der Waals surface area contributed by atoms with Gasteiger partial charge < -0.3 is 5.32 Å². The lowest BCUT2D eigenvalue weighted by atomic mass is 10.1. The number of rotatable bonds is 5. The van der Waals surface area contributed by atoms with Crippen LogP contribution in [0.3, 0.4) is 0 Å². The second kappa shape index (κ2) is 7.27. The van der Waals surface area contributed by atoms with Crippen molar-refractivity contribution < 1.29 is 13.2 Å². The molecule has 0 aliphatic carbocycles. The average Bonchev–Trinajstić information content (AvgIpc) is 3.00. The van der Waals surface area contributed by atoms with E-state index < -0.39 is 15.9 Å². The third kappa shape index (κ3) is 4.47. The Morgan fingerprint density at radius 1 is 1.12 bits per heavy atom. The second-order valence-corrected chi connectivity index (χ2v) is 8.52. The lowest BCUT2D eigenvalue weighted by Crippen LogP contribution is -2.17. The van der Waals surface area contributed by atoms with E-state index in [9.17, 15) is 13.2 Å². The number of hydrogen-bond acceptors (Lipinski definition) is 5. The van der Waals surface area contributed by atoms with Gasteiger partial charge >= 0.3 is 0 Å². The van der Waals surface area contributed by atoms with Crippen molar-refractivity contribution in [1.29, 1.82) is 0 Å². The number of carbonyl (C=O) groups excluding carboxylic acids is 1. The van der Waals surface area contributed by atoms with Crippen LogP contribution >= 0.6 is 11.3 Å². The quantitative estimate of drug-likeness (QED) is 0.698. The maximum absolute atomic E-state index is 12.6. The summed E-state index contributed by atoms with van der Waals surface area (Å²) in [4.78, 5) is 17.1. The first-order valence-electron chi connectivity index (χ1n) is 7.72. The molecule has 0 aliphatic rings. The normalized spacial score (nSPS) is 11.2. The van der Waals surface area contributed by atoms with E-state index in [4.69, 9.17) is 0 Å². The smallest absolute Gasteiger partial charge is 0.257 e. The van der Waals surface area contributed by atoms with Gasteiger partial charge in [0.1, 0.15) is 0 Å². The molecule has 1 aromatic heterocycles. The van der Waals surface area contributed by atoms with Gasteiger partial charge in [0.2, 0.25) is 10.0 Å². The van der Waals surface area contributed by atoms with Crippen LogP contribution in [0.5, 0.6) is 0 Å². The summed E-state index contributed by atoms with van der Waals surface area (Å²) in [5.74, 6) is -0.400. The predicted octanol–water partition coefficient (Wildman–Crippen LogP) is 3.74. The molecule has 8 heteroatoms. The van der Waals surface area contributed by atoms with E-state index in [1.54, 1.807) is 41.7 Å². The van der Waals surface area contributed by atoms with Gasteiger partial charge in [-0.05, 0) is 31.2 Å². The van der Waals surface area contributed by atoms with Gasteiger partial charge in [0.05, 0.1) is 28.2 Å². The summed E-state index contributed by atoms with van der Waals surface area (Å²) in [5.41, 5.74) is 2.83. The first kappa shape index (κ1) is 18.1. The maximum Gasteiger partial charge on any atom is 0.257 e. The molecule has 3 rings (SSSR count). The Balaban J connectivity index is 1.85. The SMILES string of the molecule is Cc1nc(-c2cccc(NC(=O)c3ccccc3NS(C)(=O)=O)c2)cs1. The number of hydrogen-bond donors (Lipinski definition) is 2. The molecule has 0 spiro atoms. The number of sulfonamides is 1. The summed E-state index contributed by atoms with van der Waals surface area (Å²) < 4.78 is 25.3. The van der Waals surface area contributed by atoms with E-state index >= 15 is 0 Å². The zero-order chi connectivity index (χ0) is 18.7. The fourth-order valence-corrected chi connectivity index (χ4v) is 3.62. The molecule has 0 radical (unpaired) electrons. The molecule has 134 valence electrons. The largest absolute Gasteiger partial charge is 0.322 e. The number of anilines is 2. The van der Waals surface area contributed by atoms with Gasteiger partial charge in [-0.25, -0.2) is 13.4 Å². The number of thiazole rings is 1. The molecule has 0 aliphatic heterocycles. The van der Waals surface area contributed by atoms with E-state index in [1.165, 1.54) is 0 Å².